The van der Waals surface area contributed by atoms with Crippen LogP contribution in [-0.2, 0) is 10.8 Å². The smallest absolute Gasteiger partial charge is 0.0446 e. The zero-order valence-electron chi connectivity index (χ0n) is 7.95. The summed E-state index contributed by atoms with van der Waals surface area (Å²) in [4.78, 5) is 0. The highest BCUT2D eigenvalue weighted by atomic mass is 32.2. The number of aliphatic hydroxyl groups is 1. The van der Waals surface area contributed by atoms with Gasteiger partial charge in [-0.05, 0) is 19.3 Å². The fraction of sp³-hybridized carbons (Fsp3) is 1.00. The molecule has 3 nitrogen and oxygen atoms in total. The van der Waals surface area contributed by atoms with Crippen LogP contribution in [0.15, 0.2) is 0 Å². The topological polar surface area (TPSA) is 63.3 Å². The maximum Gasteiger partial charge on any atom is 0.0446 e. The number of hydrogen-bond donors (Lipinski definition) is 2. The summed E-state index contributed by atoms with van der Waals surface area (Å²) < 4.78 is 11.7. The van der Waals surface area contributed by atoms with E-state index >= 15 is 0 Å². The fourth-order valence-corrected chi connectivity index (χ4v) is 3.47. The molecular formula is C9H19NO2S. The van der Waals surface area contributed by atoms with Crippen LogP contribution in [0.2, 0.25) is 0 Å². The van der Waals surface area contributed by atoms with Gasteiger partial charge in [0.1, 0.15) is 0 Å². The molecule has 0 spiro atoms. The summed E-state index contributed by atoms with van der Waals surface area (Å²) in [6, 6.07) is -0.0913. The van der Waals surface area contributed by atoms with Crippen molar-refractivity contribution in [1.82, 2.24) is 0 Å². The fourth-order valence-electron chi connectivity index (χ4n) is 1.75. The van der Waals surface area contributed by atoms with Crippen molar-refractivity contribution < 1.29 is 9.32 Å². The summed E-state index contributed by atoms with van der Waals surface area (Å²) >= 11 is 0. The third-order valence-corrected chi connectivity index (χ3v) is 4.52. The number of nitrogens with two attached hydrogens (primary N) is 1. The summed E-state index contributed by atoms with van der Waals surface area (Å²) in [6.07, 6.45) is 5.19. The lowest BCUT2D eigenvalue weighted by atomic mass is 10.3. The molecule has 0 aromatic carbocycles. The third-order valence-electron chi connectivity index (χ3n) is 2.55. The van der Waals surface area contributed by atoms with Crippen molar-refractivity contribution in [2.75, 3.05) is 12.4 Å². The molecule has 2 atom stereocenters. The molecule has 1 aliphatic rings. The Bertz CT molecular complexity index is 169. The summed E-state index contributed by atoms with van der Waals surface area (Å²) in [5.74, 6) is 0.561. The van der Waals surface area contributed by atoms with Crippen LogP contribution in [0.3, 0.4) is 0 Å². The molecule has 0 radical (unpaired) electrons. The molecule has 1 rings (SSSR count). The van der Waals surface area contributed by atoms with Crippen LogP contribution in [0.4, 0.5) is 0 Å². The highest BCUT2D eigenvalue weighted by molar-refractivity contribution is 7.85. The minimum absolute atomic E-state index is 0.0913. The van der Waals surface area contributed by atoms with Crippen molar-refractivity contribution in [2.45, 2.75) is 43.4 Å². The first-order valence-corrected chi connectivity index (χ1v) is 6.36. The Morgan fingerprint density at radius 1 is 1.46 bits per heavy atom. The van der Waals surface area contributed by atoms with E-state index in [0.29, 0.717) is 17.4 Å². The molecule has 1 aliphatic carbocycles. The molecule has 13 heavy (non-hydrogen) atoms. The minimum atomic E-state index is -0.763. The van der Waals surface area contributed by atoms with E-state index in [-0.39, 0.29) is 12.6 Å². The molecule has 3 N–H and O–H groups in total. The molecule has 0 heterocycles. The first kappa shape index (κ1) is 11.1. The lowest BCUT2D eigenvalue weighted by Crippen LogP contribution is -2.31. The molecule has 78 valence electrons. The van der Waals surface area contributed by atoms with Crippen LogP contribution in [-0.4, -0.2) is 33.0 Å². The van der Waals surface area contributed by atoms with Gasteiger partial charge in [-0.25, -0.2) is 0 Å². The molecule has 0 aliphatic heterocycles. The van der Waals surface area contributed by atoms with Crippen LogP contribution < -0.4 is 5.73 Å². The predicted octanol–water partition coefficient (Wildman–Crippen LogP) is 0.387. The molecule has 1 saturated carbocycles. The Balaban J connectivity index is 2.23. The van der Waals surface area contributed by atoms with Crippen molar-refractivity contribution >= 4 is 10.8 Å². The van der Waals surface area contributed by atoms with E-state index in [9.17, 15) is 4.21 Å². The van der Waals surface area contributed by atoms with Gasteiger partial charge in [0.05, 0.1) is 0 Å². The SMILES string of the molecule is NC(CCO)CS(=O)C1CCCC1. The number of aliphatic hydroxyl groups excluding tert-OH is 1. The summed E-state index contributed by atoms with van der Waals surface area (Å²) in [5.41, 5.74) is 5.70. The zero-order chi connectivity index (χ0) is 9.68. The predicted molar refractivity (Wildman–Crippen MR) is 54.9 cm³/mol. The highest BCUT2D eigenvalue weighted by Crippen LogP contribution is 2.23. The monoisotopic (exact) mass is 205 g/mol. The van der Waals surface area contributed by atoms with E-state index in [2.05, 4.69) is 0 Å². The van der Waals surface area contributed by atoms with Gasteiger partial charge in [-0.2, -0.15) is 0 Å². The van der Waals surface area contributed by atoms with E-state index in [1.54, 1.807) is 0 Å². The molecule has 0 aromatic heterocycles. The van der Waals surface area contributed by atoms with Gasteiger partial charge >= 0.3 is 0 Å². The lowest BCUT2D eigenvalue weighted by molar-refractivity contribution is 0.279. The quantitative estimate of drug-likeness (QED) is 0.682. The van der Waals surface area contributed by atoms with Crippen molar-refractivity contribution in [3.63, 3.8) is 0 Å². The molecule has 0 bridgehead atoms. The van der Waals surface area contributed by atoms with Gasteiger partial charge in [-0.3, -0.25) is 4.21 Å². The normalized spacial score (nSPS) is 23.2. The molecule has 0 aromatic rings. The second kappa shape index (κ2) is 5.73. The Morgan fingerprint density at radius 2 is 2.08 bits per heavy atom. The molecule has 1 fully saturated rings. The number of hydrogen-bond acceptors (Lipinski definition) is 3. The van der Waals surface area contributed by atoms with E-state index in [1.807, 2.05) is 0 Å². The maximum atomic E-state index is 11.7. The van der Waals surface area contributed by atoms with Crippen LogP contribution in [0.1, 0.15) is 32.1 Å². The van der Waals surface area contributed by atoms with Crippen LogP contribution in [0.25, 0.3) is 0 Å². The minimum Gasteiger partial charge on any atom is -0.396 e. The van der Waals surface area contributed by atoms with Gasteiger partial charge in [0, 0.05) is 34.5 Å². The van der Waals surface area contributed by atoms with Gasteiger partial charge in [0.25, 0.3) is 0 Å². The van der Waals surface area contributed by atoms with Crippen molar-refractivity contribution in [3.05, 3.63) is 0 Å². The second-order valence-electron chi connectivity index (χ2n) is 3.73. The van der Waals surface area contributed by atoms with E-state index in [0.717, 1.165) is 12.8 Å². The standard InChI is InChI=1S/C9H19NO2S/c10-8(5-6-11)7-13(12)9-3-1-2-4-9/h8-9,11H,1-7,10H2. The Hall–Kier alpha value is 0.0700. The molecular weight excluding hydrogens is 186 g/mol. The van der Waals surface area contributed by atoms with Crippen molar-refractivity contribution in [2.24, 2.45) is 5.73 Å². The Kier molecular flexibility index (Phi) is 4.91. The largest absolute Gasteiger partial charge is 0.396 e. The molecule has 0 saturated heterocycles. The Labute approximate surface area is 82.2 Å². The third kappa shape index (κ3) is 3.75. The average molecular weight is 205 g/mol. The summed E-state index contributed by atoms with van der Waals surface area (Å²) in [7, 11) is -0.763. The van der Waals surface area contributed by atoms with Gasteiger partial charge in [0.2, 0.25) is 0 Å². The first-order chi connectivity index (χ1) is 6.24. The van der Waals surface area contributed by atoms with Gasteiger partial charge < -0.3 is 10.8 Å². The zero-order valence-corrected chi connectivity index (χ0v) is 8.76. The van der Waals surface area contributed by atoms with Gasteiger partial charge in [-0.1, -0.05) is 12.8 Å². The van der Waals surface area contributed by atoms with E-state index in [4.69, 9.17) is 10.8 Å². The highest BCUT2D eigenvalue weighted by Gasteiger charge is 2.22. The maximum absolute atomic E-state index is 11.7. The molecule has 4 heteroatoms. The van der Waals surface area contributed by atoms with Gasteiger partial charge in [-0.15, -0.1) is 0 Å². The van der Waals surface area contributed by atoms with Crippen molar-refractivity contribution in [1.29, 1.82) is 0 Å². The summed E-state index contributed by atoms with van der Waals surface area (Å²) in [6.45, 7) is 0.100. The van der Waals surface area contributed by atoms with Crippen molar-refractivity contribution in [3.8, 4) is 0 Å². The number of rotatable bonds is 5. The van der Waals surface area contributed by atoms with Gasteiger partial charge in [0.15, 0.2) is 0 Å². The Morgan fingerprint density at radius 3 is 2.62 bits per heavy atom. The van der Waals surface area contributed by atoms with Crippen LogP contribution in [0, 0.1) is 0 Å². The second-order valence-corrected chi connectivity index (χ2v) is 5.49. The first-order valence-electron chi connectivity index (χ1n) is 4.97. The van der Waals surface area contributed by atoms with Crippen LogP contribution in [0.5, 0.6) is 0 Å². The lowest BCUT2D eigenvalue weighted by Gasteiger charge is -2.13. The van der Waals surface area contributed by atoms with E-state index in [1.165, 1.54) is 12.8 Å². The average Bonchev–Trinajstić information content (AvgIpc) is 2.55. The molecule has 2 unspecified atom stereocenters. The van der Waals surface area contributed by atoms with E-state index < -0.39 is 10.8 Å². The molecule has 0 amide bonds. The summed E-state index contributed by atoms with van der Waals surface area (Å²) in [5, 5.41) is 9.02. The van der Waals surface area contributed by atoms with Crippen LogP contribution >= 0.6 is 0 Å².